The molecule has 86 valence electrons. The van der Waals surface area contributed by atoms with E-state index in [1.807, 2.05) is 0 Å². The van der Waals surface area contributed by atoms with E-state index >= 15 is 0 Å². The fraction of sp³-hybridized carbons (Fsp3) is 0.500. The zero-order valence-electron chi connectivity index (χ0n) is 8.01. The van der Waals surface area contributed by atoms with Crippen LogP contribution in [0.3, 0.4) is 0 Å². The lowest BCUT2D eigenvalue weighted by molar-refractivity contribution is -0.230. The summed E-state index contributed by atoms with van der Waals surface area (Å²) in [6, 6.07) is 0. The SMILES string of the molecule is C1CCNC1.O=C(/C=C/C(=O)OO)OO. The van der Waals surface area contributed by atoms with Gasteiger partial charge in [0.05, 0.1) is 0 Å². The zero-order chi connectivity index (χ0) is 11.5. The fourth-order valence-electron chi connectivity index (χ4n) is 0.822. The molecule has 0 aliphatic carbocycles. The number of carbonyl (C=O) groups is 2. The first-order valence-electron chi connectivity index (χ1n) is 4.30. The van der Waals surface area contributed by atoms with Crippen molar-refractivity contribution in [1.82, 2.24) is 5.32 Å². The van der Waals surface area contributed by atoms with Gasteiger partial charge in [-0.25, -0.2) is 9.59 Å². The Balaban J connectivity index is 0.000000322. The quantitative estimate of drug-likeness (QED) is 0.339. The standard InChI is InChI=1S/C4H9N.C4H4O6/c1-2-4-5-3-1;5-3(9-7)1-2-4(6)10-8/h5H,1-4H2;1-2,7-8H/b;2-1+. The predicted molar refractivity (Wildman–Crippen MR) is 48.7 cm³/mol. The molecule has 15 heavy (non-hydrogen) atoms. The first-order chi connectivity index (χ1) is 7.20. The Bertz CT molecular complexity index is 198. The van der Waals surface area contributed by atoms with Gasteiger partial charge in [-0.05, 0) is 25.9 Å². The van der Waals surface area contributed by atoms with Crippen molar-refractivity contribution in [2.75, 3.05) is 13.1 Å². The summed E-state index contributed by atoms with van der Waals surface area (Å²) >= 11 is 0. The van der Waals surface area contributed by atoms with Gasteiger partial charge in [-0.1, -0.05) is 0 Å². The van der Waals surface area contributed by atoms with Crippen molar-refractivity contribution in [3.8, 4) is 0 Å². The molecule has 0 aromatic rings. The summed E-state index contributed by atoms with van der Waals surface area (Å²) in [4.78, 5) is 26.2. The summed E-state index contributed by atoms with van der Waals surface area (Å²) in [5.74, 6) is -2.27. The molecule has 7 heteroatoms. The highest BCUT2D eigenvalue weighted by atomic mass is 17.1. The summed E-state index contributed by atoms with van der Waals surface area (Å²) in [6.45, 7) is 2.50. The van der Waals surface area contributed by atoms with Gasteiger partial charge in [0.2, 0.25) is 0 Å². The first-order valence-corrected chi connectivity index (χ1v) is 4.30. The minimum Gasteiger partial charge on any atom is -0.317 e. The van der Waals surface area contributed by atoms with Crippen LogP contribution in [0.2, 0.25) is 0 Å². The summed E-state index contributed by atoms with van der Waals surface area (Å²) in [7, 11) is 0. The van der Waals surface area contributed by atoms with Crippen LogP contribution in [-0.4, -0.2) is 35.5 Å². The van der Waals surface area contributed by atoms with Gasteiger partial charge in [-0.3, -0.25) is 9.78 Å². The van der Waals surface area contributed by atoms with E-state index in [-0.39, 0.29) is 0 Å². The lowest BCUT2D eigenvalue weighted by atomic mass is 10.4. The highest BCUT2D eigenvalue weighted by molar-refractivity contribution is 5.91. The molecule has 1 aliphatic rings. The number of hydrogen-bond acceptors (Lipinski definition) is 7. The van der Waals surface area contributed by atoms with Crippen LogP contribution in [0.15, 0.2) is 12.2 Å². The Morgan fingerprint density at radius 2 is 1.40 bits per heavy atom. The molecule has 0 aromatic carbocycles. The van der Waals surface area contributed by atoms with Crippen LogP contribution in [-0.2, 0) is 19.4 Å². The van der Waals surface area contributed by atoms with Crippen molar-refractivity contribution in [3.63, 3.8) is 0 Å². The van der Waals surface area contributed by atoms with Crippen LogP contribution in [0, 0.1) is 0 Å². The molecular formula is C8H13NO6. The molecule has 0 atom stereocenters. The van der Waals surface area contributed by atoms with Gasteiger partial charge in [0, 0.05) is 12.2 Å². The average molecular weight is 219 g/mol. The minimum absolute atomic E-state index is 0.582. The van der Waals surface area contributed by atoms with Gasteiger partial charge in [0.25, 0.3) is 0 Å². The number of carbonyl (C=O) groups excluding carboxylic acids is 2. The largest absolute Gasteiger partial charge is 0.365 e. The van der Waals surface area contributed by atoms with Crippen LogP contribution in [0.25, 0.3) is 0 Å². The van der Waals surface area contributed by atoms with Crippen molar-refractivity contribution in [2.45, 2.75) is 12.8 Å². The fourth-order valence-corrected chi connectivity index (χ4v) is 0.822. The predicted octanol–water partition coefficient (Wildman–Crippen LogP) is -0.0552. The summed E-state index contributed by atoms with van der Waals surface area (Å²) in [5, 5.41) is 18.4. The van der Waals surface area contributed by atoms with Gasteiger partial charge >= 0.3 is 11.9 Å². The monoisotopic (exact) mass is 219 g/mol. The van der Waals surface area contributed by atoms with Gasteiger partial charge in [-0.2, -0.15) is 10.5 Å². The highest BCUT2D eigenvalue weighted by Gasteiger charge is 1.97. The molecule has 0 bridgehead atoms. The van der Waals surface area contributed by atoms with Crippen LogP contribution in [0.4, 0.5) is 0 Å². The maximum atomic E-state index is 9.98. The molecule has 7 nitrogen and oxygen atoms in total. The van der Waals surface area contributed by atoms with E-state index in [1.165, 1.54) is 25.9 Å². The maximum Gasteiger partial charge on any atom is 0.365 e. The van der Waals surface area contributed by atoms with Gasteiger partial charge in [-0.15, -0.1) is 0 Å². The van der Waals surface area contributed by atoms with Crippen molar-refractivity contribution >= 4 is 11.9 Å². The van der Waals surface area contributed by atoms with Gasteiger partial charge in [0.1, 0.15) is 0 Å². The first kappa shape index (κ1) is 13.6. The van der Waals surface area contributed by atoms with E-state index in [0.29, 0.717) is 12.2 Å². The molecular weight excluding hydrogens is 206 g/mol. The van der Waals surface area contributed by atoms with E-state index < -0.39 is 11.9 Å². The Labute approximate surface area is 86.2 Å². The number of nitrogens with one attached hydrogen (secondary N) is 1. The van der Waals surface area contributed by atoms with Crippen LogP contribution >= 0.6 is 0 Å². The molecule has 0 aromatic heterocycles. The van der Waals surface area contributed by atoms with Crippen molar-refractivity contribution in [2.24, 2.45) is 0 Å². The molecule has 3 N–H and O–H groups in total. The zero-order valence-corrected chi connectivity index (χ0v) is 8.01. The topological polar surface area (TPSA) is 105 Å². The highest BCUT2D eigenvalue weighted by Crippen LogP contribution is 1.90. The molecule has 1 fully saturated rings. The second kappa shape index (κ2) is 9.13. The van der Waals surface area contributed by atoms with Gasteiger partial charge in [0.15, 0.2) is 0 Å². The van der Waals surface area contributed by atoms with E-state index in [0.717, 1.165) is 0 Å². The number of hydrogen-bond donors (Lipinski definition) is 3. The van der Waals surface area contributed by atoms with Crippen LogP contribution in [0.1, 0.15) is 12.8 Å². The van der Waals surface area contributed by atoms with Gasteiger partial charge < -0.3 is 5.32 Å². The van der Waals surface area contributed by atoms with Crippen molar-refractivity contribution in [1.29, 1.82) is 0 Å². The molecule has 0 amide bonds. The Kier molecular flexibility index (Phi) is 8.25. The Morgan fingerprint density at radius 3 is 1.60 bits per heavy atom. The second-order valence-electron chi connectivity index (χ2n) is 2.61. The van der Waals surface area contributed by atoms with Crippen molar-refractivity contribution < 1.29 is 29.9 Å². The summed E-state index contributed by atoms with van der Waals surface area (Å²) in [5.41, 5.74) is 0. The summed E-state index contributed by atoms with van der Waals surface area (Å²) in [6.07, 6.45) is 3.94. The lowest BCUT2D eigenvalue weighted by Crippen LogP contribution is -2.03. The maximum absolute atomic E-state index is 9.98. The molecule has 0 spiro atoms. The lowest BCUT2D eigenvalue weighted by Gasteiger charge is -1.85. The number of rotatable bonds is 2. The van der Waals surface area contributed by atoms with Crippen LogP contribution < -0.4 is 5.32 Å². The Morgan fingerprint density at radius 1 is 1.00 bits per heavy atom. The molecule has 0 unspecified atom stereocenters. The summed E-state index contributed by atoms with van der Waals surface area (Å²) < 4.78 is 0. The molecule has 0 radical (unpaired) electrons. The normalized spacial score (nSPS) is 14.3. The van der Waals surface area contributed by atoms with E-state index in [2.05, 4.69) is 15.1 Å². The average Bonchev–Trinajstić information content (AvgIpc) is 2.83. The second-order valence-corrected chi connectivity index (χ2v) is 2.61. The van der Waals surface area contributed by atoms with E-state index in [1.54, 1.807) is 0 Å². The van der Waals surface area contributed by atoms with Crippen LogP contribution in [0.5, 0.6) is 0 Å². The molecule has 1 aliphatic heterocycles. The smallest absolute Gasteiger partial charge is 0.317 e. The molecule has 1 heterocycles. The minimum atomic E-state index is -1.13. The third-order valence-corrected chi connectivity index (χ3v) is 1.49. The van der Waals surface area contributed by atoms with Crippen molar-refractivity contribution in [3.05, 3.63) is 12.2 Å². The molecule has 0 saturated carbocycles. The molecule has 1 saturated heterocycles. The van der Waals surface area contributed by atoms with E-state index in [4.69, 9.17) is 10.5 Å². The third-order valence-electron chi connectivity index (χ3n) is 1.49. The third kappa shape index (κ3) is 8.88. The molecule has 1 rings (SSSR count). The van der Waals surface area contributed by atoms with E-state index in [9.17, 15) is 9.59 Å². The Hall–Kier alpha value is -1.44.